The van der Waals surface area contributed by atoms with Gasteiger partial charge in [0.2, 0.25) is 0 Å². The van der Waals surface area contributed by atoms with Crippen molar-refractivity contribution in [2.24, 2.45) is 16.8 Å². The van der Waals surface area contributed by atoms with Crippen LogP contribution in [0.5, 0.6) is 0 Å². The lowest BCUT2D eigenvalue weighted by Crippen LogP contribution is -2.53. The lowest BCUT2D eigenvalue weighted by molar-refractivity contribution is 0.0534. The molecule has 2 aromatic rings. The Balaban J connectivity index is 1.28. The van der Waals surface area contributed by atoms with E-state index in [0.29, 0.717) is 23.6 Å². The summed E-state index contributed by atoms with van der Waals surface area (Å²) in [7, 11) is 0. The zero-order valence-electron chi connectivity index (χ0n) is 19.6. The number of amides is 1. The van der Waals surface area contributed by atoms with E-state index in [2.05, 4.69) is 34.1 Å². The maximum Gasteiger partial charge on any atom is 0.338 e. The van der Waals surface area contributed by atoms with Crippen LogP contribution in [0.15, 0.2) is 35.6 Å². The average Bonchev–Trinajstić information content (AvgIpc) is 3.21. The Hall–Kier alpha value is -3.50. The van der Waals surface area contributed by atoms with Crippen molar-refractivity contribution in [3.05, 3.63) is 58.4 Å². The molecule has 1 saturated heterocycles. The van der Waals surface area contributed by atoms with Gasteiger partial charge in [-0.15, -0.1) is 0 Å². The molecule has 2 aliphatic rings. The molecule has 0 radical (unpaired) electrons. The van der Waals surface area contributed by atoms with Gasteiger partial charge in [-0.3, -0.25) is 9.80 Å². The molecule has 0 atom stereocenters. The number of hydrogen-bond donors (Lipinski definition) is 3. The molecule has 180 valence electrons. The number of anilines is 1. The standard InChI is InChI=1S/C24H31N7O3/c1-16-17(3-5-19-20(16)14-34-23(19)33)7-10-30-11-8-24(2,9-12-30)29-22(32)21-6-4-18(13-27-21)31(26)15-28-25/h3-6,13,15H,7-12,14,25-26H2,1-2H3,(H,29,32)/b28-15-. The van der Waals surface area contributed by atoms with Crippen LogP contribution in [0.2, 0.25) is 0 Å². The van der Waals surface area contributed by atoms with Gasteiger partial charge in [-0.1, -0.05) is 6.07 Å². The quantitative estimate of drug-likeness (QED) is 0.184. The number of likely N-dealkylation sites (tertiary alicyclic amines) is 1. The van der Waals surface area contributed by atoms with E-state index in [4.69, 9.17) is 16.4 Å². The summed E-state index contributed by atoms with van der Waals surface area (Å²) >= 11 is 0. The molecule has 3 heterocycles. The molecule has 0 saturated carbocycles. The Kier molecular flexibility index (Phi) is 6.80. The summed E-state index contributed by atoms with van der Waals surface area (Å²) in [6.45, 7) is 7.25. The number of fused-ring (bicyclic) bond motifs is 1. The smallest absolute Gasteiger partial charge is 0.338 e. The van der Waals surface area contributed by atoms with Crippen molar-refractivity contribution in [3.63, 3.8) is 0 Å². The number of pyridine rings is 1. The second-order valence-corrected chi connectivity index (χ2v) is 9.13. The molecule has 10 heteroatoms. The van der Waals surface area contributed by atoms with Gasteiger partial charge < -0.3 is 20.8 Å². The molecule has 34 heavy (non-hydrogen) atoms. The topological polar surface area (TPSA) is 139 Å². The van der Waals surface area contributed by atoms with Crippen LogP contribution < -0.4 is 22.0 Å². The summed E-state index contributed by atoms with van der Waals surface area (Å²) in [5.74, 6) is 10.4. The largest absolute Gasteiger partial charge is 0.457 e. The number of hydrazine groups is 1. The molecule has 10 nitrogen and oxygen atoms in total. The first-order chi connectivity index (χ1) is 16.3. The van der Waals surface area contributed by atoms with Gasteiger partial charge in [0.05, 0.1) is 17.4 Å². The highest BCUT2D eigenvalue weighted by Crippen LogP contribution is 2.27. The molecule has 4 rings (SSSR count). The van der Waals surface area contributed by atoms with Crippen molar-refractivity contribution >= 4 is 23.9 Å². The van der Waals surface area contributed by atoms with E-state index < -0.39 is 0 Å². The molecule has 1 amide bonds. The summed E-state index contributed by atoms with van der Waals surface area (Å²) in [5, 5.41) is 7.74. The highest BCUT2D eigenvalue weighted by Gasteiger charge is 2.32. The van der Waals surface area contributed by atoms with Crippen molar-refractivity contribution in [2.45, 2.75) is 45.3 Å². The highest BCUT2D eigenvalue weighted by molar-refractivity contribution is 5.94. The number of nitrogens with zero attached hydrogens (tertiary/aromatic N) is 4. The van der Waals surface area contributed by atoms with Crippen LogP contribution in [0, 0.1) is 6.92 Å². The van der Waals surface area contributed by atoms with Gasteiger partial charge in [0.1, 0.15) is 18.6 Å². The lowest BCUT2D eigenvalue weighted by atomic mass is 9.89. The lowest BCUT2D eigenvalue weighted by Gasteiger charge is -2.40. The van der Waals surface area contributed by atoms with Gasteiger partial charge >= 0.3 is 5.97 Å². The molecular weight excluding hydrogens is 434 g/mol. The Bertz CT molecular complexity index is 1090. The van der Waals surface area contributed by atoms with E-state index in [0.717, 1.165) is 50.0 Å². The minimum atomic E-state index is -0.290. The maximum atomic E-state index is 12.8. The third-order valence-corrected chi connectivity index (χ3v) is 6.82. The number of piperidine rings is 1. The Labute approximate surface area is 198 Å². The minimum absolute atomic E-state index is 0.205. The number of rotatable bonds is 7. The molecular formula is C24H31N7O3. The van der Waals surface area contributed by atoms with E-state index >= 15 is 0 Å². The zero-order valence-corrected chi connectivity index (χ0v) is 19.6. The first kappa shape index (κ1) is 23.7. The van der Waals surface area contributed by atoms with Crippen LogP contribution in [0.25, 0.3) is 0 Å². The van der Waals surface area contributed by atoms with Crippen LogP contribution in [-0.4, -0.2) is 53.3 Å². The summed E-state index contributed by atoms with van der Waals surface area (Å²) in [6, 6.07) is 7.25. The predicted octanol–water partition coefficient (Wildman–Crippen LogP) is 1.47. The van der Waals surface area contributed by atoms with Gasteiger partial charge in [0, 0.05) is 30.7 Å². The number of ether oxygens (including phenoxy) is 1. The fourth-order valence-corrected chi connectivity index (χ4v) is 4.49. The van der Waals surface area contributed by atoms with Crippen molar-refractivity contribution in [3.8, 4) is 0 Å². The van der Waals surface area contributed by atoms with Gasteiger partial charge in [-0.25, -0.2) is 15.6 Å². The summed E-state index contributed by atoms with van der Waals surface area (Å²) in [4.78, 5) is 31.1. The van der Waals surface area contributed by atoms with E-state index in [1.807, 2.05) is 12.1 Å². The van der Waals surface area contributed by atoms with Crippen LogP contribution in [0.4, 0.5) is 5.69 Å². The number of hydrogen-bond acceptors (Lipinski definition) is 8. The summed E-state index contributed by atoms with van der Waals surface area (Å²) in [5.41, 5.74) is 4.74. The third kappa shape index (κ3) is 5.02. The van der Waals surface area contributed by atoms with Crippen molar-refractivity contribution in [2.75, 3.05) is 24.6 Å². The Morgan fingerprint density at radius 3 is 2.76 bits per heavy atom. The van der Waals surface area contributed by atoms with Gasteiger partial charge in [0.15, 0.2) is 0 Å². The minimum Gasteiger partial charge on any atom is -0.457 e. The summed E-state index contributed by atoms with van der Waals surface area (Å²) < 4.78 is 5.16. The average molecular weight is 466 g/mol. The molecule has 0 aliphatic carbocycles. The third-order valence-electron chi connectivity index (χ3n) is 6.82. The second kappa shape index (κ2) is 9.78. The normalized spacial score (nSPS) is 17.4. The number of carbonyl (C=O) groups excluding carboxylic acids is 2. The van der Waals surface area contributed by atoms with Crippen LogP contribution in [0.3, 0.4) is 0 Å². The zero-order chi connectivity index (χ0) is 24.3. The van der Waals surface area contributed by atoms with Gasteiger partial charge in [0.25, 0.3) is 5.91 Å². The highest BCUT2D eigenvalue weighted by atomic mass is 16.5. The fourth-order valence-electron chi connectivity index (χ4n) is 4.49. The molecule has 0 bridgehead atoms. The van der Waals surface area contributed by atoms with Crippen LogP contribution in [0.1, 0.15) is 57.3 Å². The number of aromatic nitrogens is 1. The Morgan fingerprint density at radius 2 is 2.09 bits per heavy atom. The van der Waals surface area contributed by atoms with Crippen LogP contribution in [-0.2, 0) is 17.8 Å². The van der Waals surface area contributed by atoms with E-state index in [-0.39, 0.29) is 17.4 Å². The number of benzene rings is 1. The molecule has 0 unspecified atom stereocenters. The van der Waals surface area contributed by atoms with E-state index in [1.165, 1.54) is 23.1 Å². The van der Waals surface area contributed by atoms with Crippen molar-refractivity contribution < 1.29 is 14.3 Å². The number of carbonyl (C=O) groups is 2. The molecule has 1 aromatic carbocycles. The molecule has 0 spiro atoms. The number of nitrogens with two attached hydrogens (primary N) is 2. The number of esters is 1. The number of hydrazone groups is 1. The first-order valence-electron chi connectivity index (χ1n) is 11.4. The molecule has 1 aromatic heterocycles. The second-order valence-electron chi connectivity index (χ2n) is 9.13. The van der Waals surface area contributed by atoms with Crippen molar-refractivity contribution in [1.82, 2.24) is 15.2 Å². The first-order valence-corrected chi connectivity index (χ1v) is 11.4. The number of cyclic esters (lactones) is 1. The van der Waals surface area contributed by atoms with Gasteiger partial charge in [-0.2, -0.15) is 5.10 Å². The maximum absolute atomic E-state index is 12.8. The van der Waals surface area contributed by atoms with Crippen LogP contribution >= 0.6 is 0 Å². The van der Waals surface area contributed by atoms with E-state index in [9.17, 15) is 9.59 Å². The van der Waals surface area contributed by atoms with Crippen molar-refractivity contribution in [1.29, 1.82) is 0 Å². The van der Waals surface area contributed by atoms with E-state index in [1.54, 1.807) is 12.1 Å². The molecule has 1 fully saturated rings. The predicted molar refractivity (Wildman–Crippen MR) is 129 cm³/mol. The monoisotopic (exact) mass is 465 g/mol. The Morgan fingerprint density at radius 1 is 1.32 bits per heavy atom. The molecule has 2 aliphatic heterocycles. The number of nitrogens with one attached hydrogen (secondary N) is 1. The van der Waals surface area contributed by atoms with Gasteiger partial charge in [-0.05, 0) is 62.4 Å². The fraction of sp³-hybridized carbons (Fsp3) is 0.417. The SMILES string of the molecule is Cc1c(CCN2CCC(C)(NC(=O)c3ccc(N(N)/C=N\N)cn3)CC2)ccc2c1COC2=O. The molecule has 5 N–H and O–H groups in total. The summed E-state index contributed by atoms with van der Waals surface area (Å²) in [6.07, 6.45) is 5.38.